The monoisotopic (exact) mass is 195 g/mol. The Hall–Kier alpha value is -1.75. The van der Waals surface area contributed by atoms with E-state index in [-0.39, 0.29) is 19.2 Å². The maximum Gasteiger partial charge on any atom is 0.191 e. The van der Waals surface area contributed by atoms with E-state index >= 15 is 0 Å². The lowest BCUT2D eigenvalue weighted by Gasteiger charge is -2.03. The molecule has 76 valence electrons. The van der Waals surface area contributed by atoms with Crippen LogP contribution in [0.25, 0.3) is 0 Å². The lowest BCUT2D eigenvalue weighted by molar-refractivity contribution is 0.201. The quantitative estimate of drug-likeness (QED) is 0.464. The first-order chi connectivity index (χ1) is 6.72. The Morgan fingerprint density at radius 3 is 2.43 bits per heavy atom. The second-order valence-corrected chi connectivity index (χ2v) is 2.60. The standard InChI is InChI=1S/C9H13N3O2/c10-9(11)12-7-1-3-8(4-2-7)14-6-5-13/h1-4,13H,5-6H2,(H4,10,11,12). The van der Waals surface area contributed by atoms with Gasteiger partial charge in [0.15, 0.2) is 5.96 Å². The lowest BCUT2D eigenvalue weighted by Crippen LogP contribution is -2.21. The SMILES string of the molecule is NC(N)=Nc1ccc(OCCO)cc1. The van der Waals surface area contributed by atoms with Gasteiger partial charge in [0.25, 0.3) is 0 Å². The number of aliphatic hydroxyl groups is 1. The van der Waals surface area contributed by atoms with Crippen molar-refractivity contribution in [1.82, 2.24) is 0 Å². The zero-order valence-corrected chi connectivity index (χ0v) is 7.68. The Labute approximate surface area is 82.0 Å². The normalized spacial score (nSPS) is 9.50. The van der Waals surface area contributed by atoms with Crippen molar-refractivity contribution in [2.75, 3.05) is 13.2 Å². The first-order valence-corrected chi connectivity index (χ1v) is 4.15. The zero-order chi connectivity index (χ0) is 10.4. The molecule has 1 aromatic rings. The minimum absolute atomic E-state index is 0.00431. The van der Waals surface area contributed by atoms with Crippen LogP contribution in [0.3, 0.4) is 0 Å². The highest BCUT2D eigenvalue weighted by Crippen LogP contribution is 2.17. The van der Waals surface area contributed by atoms with Crippen LogP contribution in [0.4, 0.5) is 5.69 Å². The van der Waals surface area contributed by atoms with Crippen LogP contribution in [0.15, 0.2) is 29.3 Å². The molecule has 0 bridgehead atoms. The largest absolute Gasteiger partial charge is 0.491 e. The van der Waals surface area contributed by atoms with Crippen molar-refractivity contribution in [3.8, 4) is 5.75 Å². The van der Waals surface area contributed by atoms with Gasteiger partial charge < -0.3 is 21.3 Å². The van der Waals surface area contributed by atoms with E-state index in [0.29, 0.717) is 11.4 Å². The van der Waals surface area contributed by atoms with Gasteiger partial charge in [-0.1, -0.05) is 0 Å². The van der Waals surface area contributed by atoms with Gasteiger partial charge in [0.2, 0.25) is 0 Å². The summed E-state index contributed by atoms with van der Waals surface area (Å²) in [5.74, 6) is 0.697. The van der Waals surface area contributed by atoms with E-state index in [9.17, 15) is 0 Å². The van der Waals surface area contributed by atoms with Gasteiger partial charge in [-0.05, 0) is 24.3 Å². The molecule has 0 aliphatic heterocycles. The van der Waals surface area contributed by atoms with Crippen molar-refractivity contribution in [2.45, 2.75) is 0 Å². The van der Waals surface area contributed by atoms with Crippen LogP contribution in [0, 0.1) is 0 Å². The second-order valence-electron chi connectivity index (χ2n) is 2.60. The molecule has 0 radical (unpaired) electrons. The highest BCUT2D eigenvalue weighted by molar-refractivity contribution is 5.78. The van der Waals surface area contributed by atoms with Crippen LogP contribution in [0.2, 0.25) is 0 Å². The number of benzene rings is 1. The molecule has 0 saturated heterocycles. The van der Waals surface area contributed by atoms with Crippen LogP contribution < -0.4 is 16.2 Å². The summed E-state index contributed by atoms with van der Waals surface area (Å²) in [5, 5.41) is 8.52. The summed E-state index contributed by atoms with van der Waals surface area (Å²) >= 11 is 0. The first kappa shape index (κ1) is 10.3. The van der Waals surface area contributed by atoms with Gasteiger partial charge in [0, 0.05) is 0 Å². The third-order valence-electron chi connectivity index (χ3n) is 1.45. The van der Waals surface area contributed by atoms with Gasteiger partial charge in [-0.15, -0.1) is 0 Å². The summed E-state index contributed by atoms with van der Waals surface area (Å²) in [6, 6.07) is 6.92. The van der Waals surface area contributed by atoms with Crippen LogP contribution >= 0.6 is 0 Å². The van der Waals surface area contributed by atoms with Gasteiger partial charge in [-0.2, -0.15) is 0 Å². The molecule has 0 atom stereocenters. The molecule has 0 aromatic heterocycles. The molecule has 5 heteroatoms. The van der Waals surface area contributed by atoms with Gasteiger partial charge in [0.1, 0.15) is 12.4 Å². The molecule has 1 rings (SSSR count). The fourth-order valence-corrected chi connectivity index (χ4v) is 0.929. The van der Waals surface area contributed by atoms with Crippen LogP contribution in [-0.2, 0) is 0 Å². The molecule has 0 aliphatic carbocycles. The number of guanidine groups is 1. The van der Waals surface area contributed by atoms with Gasteiger partial charge in [0.05, 0.1) is 12.3 Å². The summed E-state index contributed by atoms with van der Waals surface area (Å²) in [5.41, 5.74) is 11.1. The molecule has 5 nitrogen and oxygen atoms in total. The highest BCUT2D eigenvalue weighted by Gasteiger charge is 1.93. The van der Waals surface area contributed by atoms with E-state index < -0.39 is 0 Å². The molecular weight excluding hydrogens is 182 g/mol. The number of nitrogens with zero attached hydrogens (tertiary/aromatic N) is 1. The average Bonchev–Trinajstić information content (AvgIpc) is 2.16. The molecule has 0 spiro atoms. The summed E-state index contributed by atoms with van der Waals surface area (Å²) < 4.78 is 5.15. The van der Waals surface area contributed by atoms with E-state index in [1.165, 1.54) is 0 Å². The molecule has 0 fully saturated rings. The zero-order valence-electron chi connectivity index (χ0n) is 7.68. The van der Waals surface area contributed by atoms with E-state index in [4.69, 9.17) is 21.3 Å². The van der Waals surface area contributed by atoms with Crippen LogP contribution in [0.1, 0.15) is 0 Å². The minimum Gasteiger partial charge on any atom is -0.491 e. The van der Waals surface area contributed by atoms with E-state index in [0.717, 1.165) is 0 Å². The first-order valence-electron chi connectivity index (χ1n) is 4.15. The third-order valence-corrected chi connectivity index (χ3v) is 1.45. The van der Waals surface area contributed by atoms with Crippen LogP contribution in [0.5, 0.6) is 5.75 Å². The Morgan fingerprint density at radius 1 is 1.29 bits per heavy atom. The molecule has 14 heavy (non-hydrogen) atoms. The summed E-state index contributed by atoms with van der Waals surface area (Å²) in [7, 11) is 0. The number of nitrogens with two attached hydrogens (primary N) is 2. The predicted molar refractivity (Wildman–Crippen MR) is 54.5 cm³/mol. The number of aliphatic imine (C=N–C) groups is 1. The summed E-state index contributed by atoms with van der Waals surface area (Å²) in [4.78, 5) is 3.85. The predicted octanol–water partition coefficient (Wildman–Crippen LogP) is -0.0374. The maximum absolute atomic E-state index is 8.52. The van der Waals surface area contributed by atoms with Crippen molar-refractivity contribution in [3.63, 3.8) is 0 Å². The summed E-state index contributed by atoms with van der Waals surface area (Å²) in [6.07, 6.45) is 0. The maximum atomic E-state index is 8.52. The number of ether oxygens (including phenoxy) is 1. The van der Waals surface area contributed by atoms with Crippen molar-refractivity contribution < 1.29 is 9.84 Å². The van der Waals surface area contributed by atoms with Crippen molar-refractivity contribution in [1.29, 1.82) is 0 Å². The molecule has 0 heterocycles. The fraction of sp³-hybridized carbons (Fsp3) is 0.222. The molecule has 0 amide bonds. The Kier molecular flexibility index (Phi) is 3.75. The van der Waals surface area contributed by atoms with E-state index in [1.807, 2.05) is 0 Å². The number of aliphatic hydroxyl groups excluding tert-OH is 1. The van der Waals surface area contributed by atoms with Crippen molar-refractivity contribution in [3.05, 3.63) is 24.3 Å². The Morgan fingerprint density at radius 2 is 1.93 bits per heavy atom. The summed E-state index contributed by atoms with van der Waals surface area (Å²) in [6.45, 7) is 0.275. The van der Waals surface area contributed by atoms with E-state index in [2.05, 4.69) is 4.99 Å². The van der Waals surface area contributed by atoms with Crippen LogP contribution in [-0.4, -0.2) is 24.3 Å². The smallest absolute Gasteiger partial charge is 0.191 e. The molecule has 1 aromatic carbocycles. The molecule has 0 unspecified atom stereocenters. The van der Waals surface area contributed by atoms with E-state index in [1.54, 1.807) is 24.3 Å². The lowest BCUT2D eigenvalue weighted by atomic mass is 10.3. The minimum atomic E-state index is -0.00431. The highest BCUT2D eigenvalue weighted by atomic mass is 16.5. The molecular formula is C9H13N3O2. The van der Waals surface area contributed by atoms with Crippen molar-refractivity contribution >= 4 is 11.6 Å². The topological polar surface area (TPSA) is 93.9 Å². The molecule has 5 N–H and O–H groups in total. The van der Waals surface area contributed by atoms with Gasteiger partial charge >= 0.3 is 0 Å². The number of rotatable bonds is 4. The fourth-order valence-electron chi connectivity index (χ4n) is 0.929. The average molecular weight is 195 g/mol. The van der Waals surface area contributed by atoms with Gasteiger partial charge in [-0.3, -0.25) is 0 Å². The third kappa shape index (κ3) is 3.32. The second kappa shape index (κ2) is 5.08. The molecule has 0 aliphatic rings. The Bertz CT molecular complexity index is 304. The Balaban J connectivity index is 2.64. The number of hydrogen-bond acceptors (Lipinski definition) is 3. The molecule has 0 saturated carbocycles. The van der Waals surface area contributed by atoms with Crippen molar-refractivity contribution in [2.24, 2.45) is 16.5 Å². The number of hydrogen-bond donors (Lipinski definition) is 3. The van der Waals surface area contributed by atoms with Gasteiger partial charge in [-0.25, -0.2) is 4.99 Å².